The van der Waals surface area contributed by atoms with Gasteiger partial charge in [0.25, 0.3) is 0 Å². The van der Waals surface area contributed by atoms with Crippen LogP contribution in [0.2, 0.25) is 0 Å². The van der Waals surface area contributed by atoms with E-state index in [4.69, 9.17) is 0 Å². The van der Waals surface area contributed by atoms with Gasteiger partial charge in [-0.2, -0.15) is 13.2 Å². The first kappa shape index (κ1) is 15.0. The summed E-state index contributed by atoms with van der Waals surface area (Å²) < 4.78 is 37.2. The maximum Gasteiger partial charge on any atom is 0.446 e. The van der Waals surface area contributed by atoms with Crippen LogP contribution >= 0.6 is 11.8 Å². The van der Waals surface area contributed by atoms with Gasteiger partial charge < -0.3 is 0 Å². The number of hydrogen-bond donors (Lipinski definition) is 0. The molecule has 0 heterocycles. The molecule has 0 nitrogen and oxygen atoms in total. The average molecular weight is 272 g/mol. The molecule has 18 heavy (non-hydrogen) atoms. The molecule has 4 heteroatoms. The fourth-order valence-electron chi connectivity index (χ4n) is 1.21. The molecule has 0 aliphatic rings. The third kappa shape index (κ3) is 5.50. The zero-order valence-electron chi connectivity index (χ0n) is 10.8. The van der Waals surface area contributed by atoms with Gasteiger partial charge in [-0.1, -0.05) is 17.9 Å². The van der Waals surface area contributed by atoms with Crippen molar-refractivity contribution in [2.45, 2.75) is 38.1 Å². The summed E-state index contributed by atoms with van der Waals surface area (Å²) in [5, 5.41) is 0. The van der Waals surface area contributed by atoms with Crippen molar-refractivity contribution in [1.29, 1.82) is 0 Å². The molecule has 0 unspecified atom stereocenters. The number of halogens is 3. The minimum absolute atomic E-state index is 0.116. The normalized spacial score (nSPS) is 11.9. The molecule has 0 atom stereocenters. The van der Waals surface area contributed by atoms with Crippen LogP contribution in [-0.4, -0.2) is 5.51 Å². The lowest BCUT2D eigenvalue weighted by Crippen LogP contribution is -2.02. The van der Waals surface area contributed by atoms with Gasteiger partial charge in [0, 0.05) is 15.9 Å². The highest BCUT2D eigenvalue weighted by Gasteiger charge is 2.30. The molecule has 1 aromatic carbocycles. The molecular weight excluding hydrogens is 257 g/mol. The standard InChI is InChI=1S/C14H15F3S/c1-10-5-6-12(18-14(15,16)17)11(9-10)7-8-13(2,3)4/h5-6,9H,1-4H3. The third-order valence-corrected chi connectivity index (χ3v) is 2.74. The molecule has 0 spiro atoms. The first-order chi connectivity index (χ1) is 8.07. The predicted octanol–water partition coefficient (Wildman–Crippen LogP) is 5.00. The van der Waals surface area contributed by atoms with Gasteiger partial charge in [-0.3, -0.25) is 0 Å². The molecule has 0 aliphatic heterocycles. The monoisotopic (exact) mass is 272 g/mol. The topological polar surface area (TPSA) is 0 Å². The van der Waals surface area contributed by atoms with E-state index in [1.807, 2.05) is 27.7 Å². The van der Waals surface area contributed by atoms with Crippen molar-refractivity contribution in [2.75, 3.05) is 0 Å². The molecule has 0 N–H and O–H groups in total. The maximum atomic E-state index is 12.4. The van der Waals surface area contributed by atoms with Crippen molar-refractivity contribution >= 4 is 11.8 Å². The number of aryl methyl sites for hydroxylation is 1. The van der Waals surface area contributed by atoms with Crippen molar-refractivity contribution in [3.8, 4) is 11.8 Å². The van der Waals surface area contributed by atoms with Crippen molar-refractivity contribution in [1.82, 2.24) is 0 Å². The van der Waals surface area contributed by atoms with E-state index in [9.17, 15) is 13.2 Å². The van der Waals surface area contributed by atoms with Gasteiger partial charge >= 0.3 is 5.51 Å². The first-order valence-electron chi connectivity index (χ1n) is 5.46. The van der Waals surface area contributed by atoms with E-state index in [0.717, 1.165) is 5.56 Å². The quantitative estimate of drug-likeness (QED) is 0.512. The highest BCUT2D eigenvalue weighted by molar-refractivity contribution is 8.00. The Kier molecular flexibility index (Phi) is 4.39. The summed E-state index contributed by atoms with van der Waals surface area (Å²) >= 11 is -0.116. The Hall–Kier alpha value is -1.08. The fourth-order valence-corrected chi connectivity index (χ4v) is 1.82. The summed E-state index contributed by atoms with van der Waals surface area (Å²) in [5.74, 6) is 5.81. The Morgan fingerprint density at radius 3 is 2.22 bits per heavy atom. The maximum absolute atomic E-state index is 12.4. The fraction of sp³-hybridized carbons (Fsp3) is 0.429. The van der Waals surface area contributed by atoms with Crippen molar-refractivity contribution < 1.29 is 13.2 Å². The molecular formula is C14H15F3S. The Bertz CT molecular complexity index is 484. The number of benzene rings is 1. The second kappa shape index (κ2) is 5.27. The zero-order valence-corrected chi connectivity index (χ0v) is 11.6. The van der Waals surface area contributed by atoms with Crippen LogP contribution in [0, 0.1) is 24.2 Å². The number of hydrogen-bond acceptors (Lipinski definition) is 1. The van der Waals surface area contributed by atoms with Crippen LogP contribution in [-0.2, 0) is 0 Å². The molecule has 0 aromatic heterocycles. The minimum atomic E-state index is -4.28. The van der Waals surface area contributed by atoms with Crippen LogP contribution in [0.25, 0.3) is 0 Å². The summed E-state index contributed by atoms with van der Waals surface area (Å²) in [4.78, 5) is 0.157. The molecule has 0 fully saturated rings. The molecule has 98 valence electrons. The van der Waals surface area contributed by atoms with Crippen LogP contribution in [0.3, 0.4) is 0 Å². The SMILES string of the molecule is Cc1ccc(SC(F)(F)F)c(C#CC(C)(C)C)c1. The van der Waals surface area contributed by atoms with Crippen LogP contribution < -0.4 is 0 Å². The summed E-state index contributed by atoms with van der Waals surface area (Å²) in [5.41, 5.74) is -3.18. The second-order valence-electron chi connectivity index (χ2n) is 5.05. The first-order valence-corrected chi connectivity index (χ1v) is 6.28. The molecule has 0 amide bonds. The van der Waals surface area contributed by atoms with Crippen LogP contribution in [0.4, 0.5) is 13.2 Å². The summed E-state index contributed by atoms with van der Waals surface area (Å²) in [7, 11) is 0. The van der Waals surface area contributed by atoms with Crippen molar-refractivity contribution in [3.05, 3.63) is 29.3 Å². The largest absolute Gasteiger partial charge is 0.446 e. The molecule has 0 radical (unpaired) electrons. The lowest BCUT2D eigenvalue weighted by molar-refractivity contribution is -0.0328. The zero-order chi connectivity index (χ0) is 14.0. The van der Waals surface area contributed by atoms with E-state index in [0.29, 0.717) is 5.56 Å². The van der Waals surface area contributed by atoms with Gasteiger partial charge in [-0.05, 0) is 57.2 Å². The Labute approximate surface area is 110 Å². The summed E-state index contributed by atoms with van der Waals surface area (Å²) in [6.07, 6.45) is 0. The van der Waals surface area contributed by atoms with E-state index < -0.39 is 5.51 Å². The lowest BCUT2D eigenvalue weighted by Gasteiger charge is -2.10. The Balaban J connectivity index is 3.15. The average Bonchev–Trinajstić information content (AvgIpc) is 2.15. The molecule has 1 rings (SSSR count). The van der Waals surface area contributed by atoms with E-state index >= 15 is 0 Å². The Morgan fingerprint density at radius 1 is 1.11 bits per heavy atom. The lowest BCUT2D eigenvalue weighted by atomic mass is 9.97. The van der Waals surface area contributed by atoms with Gasteiger partial charge in [-0.15, -0.1) is 0 Å². The third-order valence-electron chi connectivity index (χ3n) is 1.93. The predicted molar refractivity (Wildman–Crippen MR) is 69.4 cm³/mol. The highest BCUT2D eigenvalue weighted by atomic mass is 32.2. The molecule has 0 saturated carbocycles. The number of thioether (sulfide) groups is 1. The van der Waals surface area contributed by atoms with Crippen molar-refractivity contribution in [3.63, 3.8) is 0 Å². The molecule has 0 aliphatic carbocycles. The van der Waals surface area contributed by atoms with Gasteiger partial charge in [0.15, 0.2) is 0 Å². The molecule has 0 saturated heterocycles. The van der Waals surface area contributed by atoms with E-state index in [2.05, 4.69) is 11.8 Å². The van der Waals surface area contributed by atoms with Crippen molar-refractivity contribution in [2.24, 2.45) is 5.41 Å². The summed E-state index contributed by atoms with van der Waals surface area (Å²) in [6, 6.07) is 4.82. The number of rotatable bonds is 1. The second-order valence-corrected chi connectivity index (χ2v) is 6.15. The van der Waals surface area contributed by atoms with Crippen LogP contribution in [0.5, 0.6) is 0 Å². The van der Waals surface area contributed by atoms with Gasteiger partial charge in [0.1, 0.15) is 0 Å². The van der Waals surface area contributed by atoms with E-state index in [-0.39, 0.29) is 22.1 Å². The van der Waals surface area contributed by atoms with Gasteiger partial charge in [-0.25, -0.2) is 0 Å². The molecule has 0 bridgehead atoms. The van der Waals surface area contributed by atoms with Gasteiger partial charge in [0.2, 0.25) is 0 Å². The highest BCUT2D eigenvalue weighted by Crippen LogP contribution is 2.38. The molecule has 1 aromatic rings. The van der Waals surface area contributed by atoms with Crippen LogP contribution in [0.1, 0.15) is 31.9 Å². The van der Waals surface area contributed by atoms with Crippen LogP contribution in [0.15, 0.2) is 23.1 Å². The van der Waals surface area contributed by atoms with E-state index in [1.54, 1.807) is 12.1 Å². The number of alkyl halides is 3. The smallest absolute Gasteiger partial charge is 0.160 e. The Morgan fingerprint density at radius 2 is 1.72 bits per heavy atom. The van der Waals surface area contributed by atoms with E-state index in [1.165, 1.54) is 6.07 Å². The van der Waals surface area contributed by atoms with Gasteiger partial charge in [0.05, 0.1) is 0 Å². The summed E-state index contributed by atoms with van der Waals surface area (Å²) in [6.45, 7) is 7.61. The minimum Gasteiger partial charge on any atom is -0.160 e.